The molecule has 0 fully saturated rings. The number of hydrogen-bond donors (Lipinski definition) is 0. The van der Waals surface area contributed by atoms with Crippen molar-refractivity contribution in [3.05, 3.63) is 133 Å². The molecule has 1 aliphatic rings. The first-order chi connectivity index (χ1) is 24.7. The maximum atomic E-state index is 7.89. The van der Waals surface area contributed by atoms with Crippen molar-refractivity contribution in [1.82, 2.24) is 19.0 Å². The highest BCUT2D eigenvalue weighted by atomic mass is 16.5. The van der Waals surface area contributed by atoms with Gasteiger partial charge in [-0.25, -0.2) is 4.98 Å². The van der Waals surface area contributed by atoms with Gasteiger partial charge in [-0.15, -0.1) is 0 Å². The molecule has 4 heterocycles. The second kappa shape index (κ2) is 11.3. The third-order valence-electron chi connectivity index (χ3n) is 9.45. The third kappa shape index (κ3) is 5.41. The van der Waals surface area contributed by atoms with Gasteiger partial charge in [-0.1, -0.05) is 77.9 Å². The Bertz CT molecular complexity index is 2500. The van der Waals surface area contributed by atoms with Gasteiger partial charge < -0.3 is 19.1 Å². The molecule has 0 bridgehead atoms. The lowest BCUT2D eigenvalue weighted by Crippen LogP contribution is -2.22. The molecular weight excluding hydrogens is 603 g/mol. The third-order valence-corrected chi connectivity index (χ3v) is 9.45. The first-order valence-corrected chi connectivity index (χ1v) is 16.8. The normalized spacial score (nSPS) is 14.9. The number of hydrogen-bond acceptors (Lipinski definition) is 4. The van der Waals surface area contributed by atoms with E-state index in [9.17, 15) is 0 Å². The van der Waals surface area contributed by atoms with E-state index in [1.165, 1.54) is 10.5 Å². The van der Waals surface area contributed by atoms with Crippen LogP contribution in [0.2, 0.25) is 0 Å². The van der Waals surface area contributed by atoms with Crippen LogP contribution in [-0.4, -0.2) is 32.7 Å². The van der Waals surface area contributed by atoms with E-state index in [2.05, 4.69) is 136 Å². The van der Waals surface area contributed by atoms with E-state index >= 15 is 0 Å². The molecule has 4 aromatic carbocycles. The highest BCUT2D eigenvalue weighted by Gasteiger charge is 2.25. The number of fused-ring (bicyclic) bond motifs is 5. The quantitative estimate of drug-likeness (QED) is 0.186. The van der Waals surface area contributed by atoms with Crippen molar-refractivity contribution in [2.45, 2.75) is 52.4 Å². The van der Waals surface area contributed by atoms with Crippen LogP contribution >= 0.6 is 0 Å². The van der Waals surface area contributed by atoms with Crippen molar-refractivity contribution in [2.75, 3.05) is 18.5 Å². The fourth-order valence-corrected chi connectivity index (χ4v) is 6.83. The van der Waals surface area contributed by atoms with E-state index in [4.69, 9.17) is 13.8 Å². The van der Waals surface area contributed by atoms with Gasteiger partial charge in [0.15, 0.2) is 0 Å². The van der Waals surface area contributed by atoms with Gasteiger partial charge in [0.1, 0.15) is 17.3 Å². The van der Waals surface area contributed by atoms with Crippen molar-refractivity contribution in [3.8, 4) is 23.0 Å². The molecule has 1 aliphatic heterocycles. The summed E-state index contributed by atoms with van der Waals surface area (Å²) in [7, 11) is 0. The second-order valence-corrected chi connectivity index (χ2v) is 15.0. The largest absolute Gasteiger partial charge is 0.457 e. The summed E-state index contributed by atoms with van der Waals surface area (Å²) in [5.74, 6) is 2.21. The Labute approximate surface area is 292 Å². The average molecular weight is 649 g/mol. The molecule has 246 valence electrons. The van der Waals surface area contributed by atoms with Gasteiger partial charge in [0.25, 0.3) is 0 Å². The lowest BCUT2D eigenvalue weighted by atomic mass is 9.86. The lowest BCUT2D eigenvalue weighted by Gasteiger charge is -2.25. The Hall–Kier alpha value is -5.49. The summed E-state index contributed by atoms with van der Waals surface area (Å²) < 4.78 is 35.0. The predicted octanol–water partition coefficient (Wildman–Crippen LogP) is 10.7. The maximum absolute atomic E-state index is 7.89. The fraction of sp³-hybridized carbons (Fsp3) is 0.233. The molecule has 7 aromatic rings. The van der Waals surface area contributed by atoms with Crippen molar-refractivity contribution in [3.63, 3.8) is 0 Å². The van der Waals surface area contributed by atoms with Gasteiger partial charge in [0.05, 0.1) is 28.7 Å². The van der Waals surface area contributed by atoms with Crippen molar-refractivity contribution >= 4 is 38.5 Å². The van der Waals surface area contributed by atoms with E-state index in [0.29, 0.717) is 11.5 Å². The number of pyridine rings is 1. The molecule has 3 aromatic heterocycles. The summed E-state index contributed by atoms with van der Waals surface area (Å²) in [4.78, 5) is 8.27. The molecule has 0 unspecified atom stereocenters. The van der Waals surface area contributed by atoms with E-state index in [-0.39, 0.29) is 17.5 Å². The summed E-state index contributed by atoms with van der Waals surface area (Å²) in [5, 5.41) is 2.22. The molecule has 0 radical (unpaired) electrons. The summed E-state index contributed by atoms with van der Waals surface area (Å²) in [5.41, 5.74) is 8.31. The molecule has 0 aliphatic carbocycles. The zero-order valence-corrected chi connectivity index (χ0v) is 28.9. The number of nitrogens with zero attached hydrogens (tertiary/aromatic N) is 5. The second-order valence-electron chi connectivity index (χ2n) is 15.0. The first-order valence-electron chi connectivity index (χ1n) is 18.3. The Balaban J connectivity index is 1.33. The Kier molecular flexibility index (Phi) is 6.33. The summed E-state index contributed by atoms with van der Waals surface area (Å²) in [6, 6.07) is 35.8. The Morgan fingerprint density at radius 1 is 0.633 bits per heavy atom. The van der Waals surface area contributed by atoms with Crippen LogP contribution in [-0.2, 0) is 10.8 Å². The zero-order valence-electron chi connectivity index (χ0n) is 31.9. The molecule has 0 atom stereocenters. The molecule has 0 N–H and O–H groups in total. The molecule has 0 spiro atoms. The number of benzene rings is 4. The van der Waals surface area contributed by atoms with Gasteiger partial charge in [0, 0.05) is 64.0 Å². The topological polar surface area (TPSA) is 38.5 Å². The molecule has 6 nitrogen and oxygen atoms in total. The van der Waals surface area contributed by atoms with Crippen molar-refractivity contribution in [2.24, 2.45) is 0 Å². The first kappa shape index (κ1) is 27.5. The number of anilines is 1. The van der Waals surface area contributed by atoms with Gasteiger partial charge >= 0.3 is 0 Å². The standard InChI is InChI=1S/C43H43N5O/c1-42(2,3)29-19-20-44-39(25-29)48-38-27-33(49-34-24-30(43(4,5)6)23-32(26-34)46-22-21-45(7)28-46)17-18-36(38)40-41(48)35-15-11-12-16-37(35)47(40)31-13-9-8-10-14-31/h8-27H,28H2,1-7H3/i7D3. The fourth-order valence-electron chi connectivity index (χ4n) is 6.83. The van der Waals surface area contributed by atoms with E-state index in [0.717, 1.165) is 55.6 Å². The lowest BCUT2D eigenvalue weighted by molar-refractivity contribution is 0.477. The molecular formula is C43H43N5O. The van der Waals surface area contributed by atoms with E-state index in [1.807, 2.05) is 35.5 Å². The number of aromatic nitrogens is 3. The summed E-state index contributed by atoms with van der Waals surface area (Å²) >= 11 is 0. The number of ether oxygens (including phenoxy) is 1. The molecule has 0 saturated carbocycles. The number of rotatable bonds is 5. The molecule has 8 rings (SSSR count). The Morgan fingerprint density at radius 2 is 1.37 bits per heavy atom. The van der Waals surface area contributed by atoms with Crippen LogP contribution in [0.5, 0.6) is 11.5 Å². The monoisotopic (exact) mass is 648 g/mol. The Morgan fingerprint density at radius 3 is 2.12 bits per heavy atom. The average Bonchev–Trinajstić information content (AvgIpc) is 3.81. The van der Waals surface area contributed by atoms with Crippen LogP contribution in [0.1, 0.15) is 56.8 Å². The highest BCUT2D eigenvalue weighted by Crippen LogP contribution is 2.43. The summed E-state index contributed by atoms with van der Waals surface area (Å²) in [6.07, 6.45) is 5.34. The molecule has 0 saturated heterocycles. The van der Waals surface area contributed by atoms with Gasteiger partial charge in [-0.05, 0) is 76.6 Å². The van der Waals surface area contributed by atoms with Crippen LogP contribution in [0.3, 0.4) is 0 Å². The predicted molar refractivity (Wildman–Crippen MR) is 204 cm³/mol. The van der Waals surface area contributed by atoms with Crippen LogP contribution in [0.15, 0.2) is 122 Å². The van der Waals surface area contributed by atoms with Gasteiger partial charge in [-0.3, -0.25) is 4.57 Å². The number of para-hydroxylation sites is 2. The van der Waals surface area contributed by atoms with Crippen LogP contribution < -0.4 is 9.64 Å². The minimum Gasteiger partial charge on any atom is -0.457 e. The van der Waals surface area contributed by atoms with E-state index in [1.54, 1.807) is 6.20 Å². The smallest absolute Gasteiger partial charge is 0.137 e. The van der Waals surface area contributed by atoms with Crippen LogP contribution in [0.4, 0.5) is 5.69 Å². The van der Waals surface area contributed by atoms with Gasteiger partial charge in [-0.2, -0.15) is 0 Å². The molecule has 0 amide bonds. The van der Waals surface area contributed by atoms with Crippen molar-refractivity contribution < 1.29 is 8.85 Å². The highest BCUT2D eigenvalue weighted by molar-refractivity contribution is 6.20. The SMILES string of the molecule is [2H]C([2H])([2H])N1C=CN(c2cc(Oc3ccc4c(c3)n(-c3cc(C(C)(C)C)ccn3)c3c5ccccc5n(-c5ccccc5)c43)cc(C(C)(C)C)c2)C1. The minimum absolute atomic E-state index is 0.0626. The minimum atomic E-state index is -2.21. The van der Waals surface area contributed by atoms with E-state index < -0.39 is 6.98 Å². The molecule has 6 heteroatoms. The van der Waals surface area contributed by atoms with Gasteiger partial charge in [0.2, 0.25) is 0 Å². The summed E-state index contributed by atoms with van der Waals surface area (Å²) in [6.45, 7) is 11.2. The van der Waals surface area contributed by atoms with Crippen LogP contribution in [0.25, 0.3) is 44.3 Å². The van der Waals surface area contributed by atoms with Crippen molar-refractivity contribution in [1.29, 1.82) is 0 Å². The van der Waals surface area contributed by atoms with Crippen LogP contribution in [0, 0.1) is 0 Å². The maximum Gasteiger partial charge on any atom is 0.137 e. The zero-order chi connectivity index (χ0) is 36.6. The molecule has 49 heavy (non-hydrogen) atoms.